The fourth-order valence-corrected chi connectivity index (χ4v) is 3.16. The molecule has 112 valence electrons. The van der Waals surface area contributed by atoms with Crippen LogP contribution in [0.2, 0.25) is 9.36 Å². The molecule has 1 aromatic carbocycles. The number of carbonyl (C=O) groups excluding carboxylic acids is 1. The summed E-state index contributed by atoms with van der Waals surface area (Å²) in [5.41, 5.74) is 1.03. The molecule has 6 heteroatoms. The van der Waals surface area contributed by atoms with E-state index < -0.39 is 0 Å². The van der Waals surface area contributed by atoms with Gasteiger partial charge in [-0.05, 0) is 36.9 Å². The fraction of sp³-hybridized carbons (Fsp3) is 0.267. The van der Waals surface area contributed by atoms with Gasteiger partial charge in [0.1, 0.15) is 0 Å². The summed E-state index contributed by atoms with van der Waals surface area (Å²) in [4.78, 5) is 15.0. The first-order valence-electron chi connectivity index (χ1n) is 6.47. The van der Waals surface area contributed by atoms with E-state index in [0.717, 1.165) is 14.8 Å². The number of thiophene rings is 1. The van der Waals surface area contributed by atoms with Crippen LogP contribution in [0.3, 0.4) is 0 Å². The zero-order valence-electron chi connectivity index (χ0n) is 11.6. The topological polar surface area (TPSA) is 32.3 Å². The lowest BCUT2D eigenvalue weighted by molar-refractivity contribution is -0.122. The van der Waals surface area contributed by atoms with Gasteiger partial charge in [-0.25, -0.2) is 0 Å². The van der Waals surface area contributed by atoms with Gasteiger partial charge in [0.05, 0.1) is 10.9 Å². The molecule has 1 aromatic heterocycles. The van der Waals surface area contributed by atoms with E-state index in [1.54, 1.807) is 0 Å². The van der Waals surface area contributed by atoms with Crippen LogP contribution in [-0.4, -0.2) is 24.4 Å². The molecule has 0 aliphatic carbocycles. The first-order valence-corrected chi connectivity index (χ1v) is 8.04. The third kappa shape index (κ3) is 5.67. The summed E-state index contributed by atoms with van der Waals surface area (Å²) in [5.74, 6) is -0.00453. The highest BCUT2D eigenvalue weighted by Crippen LogP contribution is 2.22. The van der Waals surface area contributed by atoms with Gasteiger partial charge in [0, 0.05) is 23.0 Å². The van der Waals surface area contributed by atoms with E-state index >= 15 is 0 Å². The highest BCUT2D eigenvalue weighted by molar-refractivity contribution is 7.16. The number of hydrogen-bond acceptors (Lipinski definition) is 3. The number of benzene rings is 1. The molecule has 0 bridgehead atoms. The van der Waals surface area contributed by atoms with Gasteiger partial charge >= 0.3 is 0 Å². The van der Waals surface area contributed by atoms with Gasteiger partial charge in [0.25, 0.3) is 0 Å². The van der Waals surface area contributed by atoms with E-state index in [1.165, 1.54) is 11.3 Å². The van der Waals surface area contributed by atoms with E-state index in [2.05, 4.69) is 5.32 Å². The van der Waals surface area contributed by atoms with Crippen LogP contribution >= 0.6 is 34.5 Å². The van der Waals surface area contributed by atoms with Crippen LogP contribution in [0, 0.1) is 0 Å². The van der Waals surface area contributed by atoms with E-state index in [1.807, 2.05) is 48.3 Å². The third-order valence-corrected chi connectivity index (χ3v) is 4.34. The van der Waals surface area contributed by atoms with Gasteiger partial charge in [0.2, 0.25) is 5.91 Å². The minimum absolute atomic E-state index is 0.00453. The molecular weight excluding hydrogens is 327 g/mol. The van der Waals surface area contributed by atoms with Crippen LogP contribution in [0.15, 0.2) is 36.4 Å². The SMILES string of the molecule is CN(CC(=O)NCc1ccc(Cl)cc1)Cc1ccc(Cl)s1. The lowest BCUT2D eigenvalue weighted by Gasteiger charge is -2.15. The van der Waals surface area contributed by atoms with Crippen molar-refractivity contribution in [3.05, 3.63) is 56.2 Å². The van der Waals surface area contributed by atoms with Crippen LogP contribution < -0.4 is 5.32 Å². The van der Waals surface area contributed by atoms with Gasteiger partial charge in [-0.2, -0.15) is 0 Å². The molecule has 0 saturated heterocycles. The largest absolute Gasteiger partial charge is 0.351 e. The summed E-state index contributed by atoms with van der Waals surface area (Å²) in [6.45, 7) is 1.57. The maximum atomic E-state index is 11.9. The molecule has 21 heavy (non-hydrogen) atoms. The van der Waals surface area contributed by atoms with Crippen LogP contribution in [-0.2, 0) is 17.9 Å². The molecule has 1 N–H and O–H groups in total. The van der Waals surface area contributed by atoms with Crippen LogP contribution in [0.4, 0.5) is 0 Å². The summed E-state index contributed by atoms with van der Waals surface area (Å²) in [6.07, 6.45) is 0. The average molecular weight is 343 g/mol. The monoisotopic (exact) mass is 342 g/mol. The lowest BCUT2D eigenvalue weighted by Crippen LogP contribution is -2.34. The second-order valence-corrected chi connectivity index (χ2v) is 7.02. The summed E-state index contributed by atoms with van der Waals surface area (Å²) < 4.78 is 0.769. The van der Waals surface area contributed by atoms with E-state index in [9.17, 15) is 4.79 Å². The fourth-order valence-electron chi connectivity index (χ4n) is 1.86. The summed E-state index contributed by atoms with van der Waals surface area (Å²) in [5, 5.41) is 3.59. The maximum Gasteiger partial charge on any atom is 0.234 e. The van der Waals surface area contributed by atoms with Crippen LogP contribution in [0.5, 0.6) is 0 Å². The summed E-state index contributed by atoms with van der Waals surface area (Å²) in [7, 11) is 1.91. The molecule has 3 nitrogen and oxygen atoms in total. The second kappa shape index (κ2) is 7.80. The Morgan fingerprint density at radius 2 is 1.90 bits per heavy atom. The highest BCUT2D eigenvalue weighted by atomic mass is 35.5. The maximum absolute atomic E-state index is 11.9. The van der Waals surface area contributed by atoms with E-state index in [-0.39, 0.29) is 5.91 Å². The van der Waals surface area contributed by atoms with E-state index in [4.69, 9.17) is 23.2 Å². The Morgan fingerprint density at radius 1 is 1.19 bits per heavy atom. The van der Waals surface area contributed by atoms with Gasteiger partial charge < -0.3 is 5.32 Å². The minimum atomic E-state index is -0.00453. The molecule has 0 spiro atoms. The Hall–Kier alpha value is -1.07. The third-order valence-electron chi connectivity index (χ3n) is 2.87. The molecular formula is C15H16Cl2N2OS. The van der Waals surface area contributed by atoms with Crippen molar-refractivity contribution >= 4 is 40.4 Å². The summed E-state index contributed by atoms with van der Waals surface area (Å²) in [6, 6.07) is 11.3. The first kappa shape index (κ1) is 16.3. The Morgan fingerprint density at radius 3 is 2.52 bits per heavy atom. The van der Waals surface area contributed by atoms with Crippen LogP contribution in [0.1, 0.15) is 10.4 Å². The molecule has 1 amide bonds. The molecule has 0 saturated carbocycles. The summed E-state index contributed by atoms with van der Waals surface area (Å²) >= 11 is 13.2. The van der Waals surface area contributed by atoms with Crippen molar-refractivity contribution in [2.45, 2.75) is 13.1 Å². The van der Waals surface area contributed by atoms with Crippen molar-refractivity contribution in [2.24, 2.45) is 0 Å². The van der Waals surface area contributed by atoms with Crippen LogP contribution in [0.25, 0.3) is 0 Å². The zero-order chi connectivity index (χ0) is 15.2. The number of likely N-dealkylation sites (N-methyl/N-ethyl adjacent to an activating group) is 1. The molecule has 1 heterocycles. The van der Waals surface area contributed by atoms with Crippen molar-refractivity contribution in [3.8, 4) is 0 Å². The molecule has 0 unspecified atom stereocenters. The Labute approximate surface area is 138 Å². The smallest absolute Gasteiger partial charge is 0.234 e. The van der Waals surface area contributed by atoms with Crippen molar-refractivity contribution < 1.29 is 4.79 Å². The number of amides is 1. The van der Waals surface area contributed by atoms with Crippen molar-refractivity contribution in [1.29, 1.82) is 0 Å². The number of nitrogens with one attached hydrogen (secondary N) is 1. The number of nitrogens with zero attached hydrogens (tertiary/aromatic N) is 1. The zero-order valence-corrected chi connectivity index (χ0v) is 13.9. The lowest BCUT2D eigenvalue weighted by atomic mass is 10.2. The quantitative estimate of drug-likeness (QED) is 0.865. The molecule has 0 radical (unpaired) electrons. The van der Waals surface area contributed by atoms with Gasteiger partial charge in [-0.1, -0.05) is 35.3 Å². The van der Waals surface area contributed by atoms with Crippen molar-refractivity contribution in [3.63, 3.8) is 0 Å². The molecule has 0 aliphatic heterocycles. The predicted octanol–water partition coefficient (Wildman–Crippen LogP) is 3.80. The Kier molecular flexibility index (Phi) is 6.06. The minimum Gasteiger partial charge on any atom is -0.351 e. The normalized spacial score (nSPS) is 10.9. The Bertz CT molecular complexity index is 598. The predicted molar refractivity (Wildman–Crippen MR) is 89.0 cm³/mol. The molecule has 2 aromatic rings. The van der Waals surface area contributed by atoms with Gasteiger partial charge in [-0.3, -0.25) is 9.69 Å². The molecule has 0 fully saturated rings. The van der Waals surface area contributed by atoms with Crippen molar-refractivity contribution in [2.75, 3.05) is 13.6 Å². The molecule has 0 aliphatic rings. The van der Waals surface area contributed by atoms with Gasteiger partial charge in [-0.15, -0.1) is 11.3 Å². The second-order valence-electron chi connectivity index (χ2n) is 4.78. The average Bonchev–Trinajstić information content (AvgIpc) is 2.83. The Balaban J connectivity index is 1.74. The highest BCUT2D eigenvalue weighted by Gasteiger charge is 2.08. The number of carbonyl (C=O) groups is 1. The number of hydrogen-bond donors (Lipinski definition) is 1. The van der Waals surface area contributed by atoms with E-state index in [0.29, 0.717) is 24.7 Å². The van der Waals surface area contributed by atoms with Crippen molar-refractivity contribution in [1.82, 2.24) is 10.2 Å². The molecule has 2 rings (SSSR count). The first-order chi connectivity index (χ1) is 10.0. The van der Waals surface area contributed by atoms with Gasteiger partial charge in [0.15, 0.2) is 0 Å². The molecule has 0 atom stereocenters. The standard InChI is InChI=1S/C15H16Cl2N2OS/c1-19(9-13-6-7-14(17)21-13)10-15(20)18-8-11-2-4-12(16)5-3-11/h2-7H,8-10H2,1H3,(H,18,20). The number of halogens is 2. The number of rotatable bonds is 6.